The number of benzene rings is 3. The van der Waals surface area contributed by atoms with Gasteiger partial charge in [-0.05, 0) is 65.8 Å². The van der Waals surface area contributed by atoms with E-state index in [1.54, 1.807) is 42.5 Å². The Labute approximate surface area is 256 Å². The zero-order valence-electron chi connectivity index (χ0n) is 24.6. The van der Waals surface area contributed by atoms with Gasteiger partial charge in [-0.2, -0.15) is 0 Å². The highest BCUT2D eigenvalue weighted by atomic mass is 19.1. The van der Waals surface area contributed by atoms with Gasteiger partial charge in [0, 0.05) is 5.56 Å². The van der Waals surface area contributed by atoms with Crippen LogP contribution in [0.15, 0.2) is 97.6 Å². The maximum absolute atomic E-state index is 16.1. The fourth-order valence-electron chi connectivity index (χ4n) is 4.16. The number of aliphatic hydroxyl groups is 2. The largest absolute Gasteiger partial charge is 0.490 e. The maximum Gasteiger partial charge on any atom is 0.335 e. The monoisotopic (exact) mass is 604 g/mol. The molecule has 0 bridgehead atoms. The number of esters is 2. The number of aliphatic hydroxyl groups excluding tert-OH is 2. The second kappa shape index (κ2) is 17.4. The number of hydrogen-bond donors (Lipinski definition) is 2. The molecule has 0 unspecified atom stereocenters. The number of halogens is 1. The molecule has 2 N–H and O–H groups in total. The molecule has 3 aromatic rings. The average molecular weight is 605 g/mol. The zero-order valence-corrected chi connectivity index (χ0v) is 24.6. The van der Waals surface area contributed by atoms with Crippen LogP contribution in [0.5, 0.6) is 11.5 Å². The number of rotatable bonds is 18. The first-order chi connectivity index (χ1) is 21.3. The van der Waals surface area contributed by atoms with Gasteiger partial charge in [-0.25, -0.2) is 14.0 Å². The molecule has 0 aliphatic rings. The summed E-state index contributed by atoms with van der Waals surface area (Å²) in [5, 5.41) is 17.8. The topological polar surface area (TPSA) is 112 Å². The van der Waals surface area contributed by atoms with E-state index in [9.17, 15) is 9.59 Å². The van der Waals surface area contributed by atoms with E-state index in [-0.39, 0.29) is 43.4 Å². The van der Waals surface area contributed by atoms with Crippen LogP contribution in [0.1, 0.15) is 18.4 Å². The van der Waals surface area contributed by atoms with Crippen molar-refractivity contribution < 1.29 is 43.1 Å². The van der Waals surface area contributed by atoms with Gasteiger partial charge in [0.15, 0.2) is 0 Å². The quantitative estimate of drug-likeness (QED) is 0.0835. The second-order valence-corrected chi connectivity index (χ2v) is 9.67. The minimum absolute atomic E-state index is 0.00415. The number of carbonyl (C=O) groups is 2. The van der Waals surface area contributed by atoms with Crippen LogP contribution in [0.2, 0.25) is 0 Å². The maximum atomic E-state index is 16.1. The summed E-state index contributed by atoms with van der Waals surface area (Å²) in [7, 11) is 0. The highest BCUT2D eigenvalue weighted by molar-refractivity contribution is 5.88. The molecule has 0 aromatic heterocycles. The van der Waals surface area contributed by atoms with E-state index in [2.05, 4.69) is 19.7 Å². The summed E-state index contributed by atoms with van der Waals surface area (Å²) in [4.78, 5) is 23.1. The lowest BCUT2D eigenvalue weighted by atomic mass is 9.91. The van der Waals surface area contributed by atoms with Crippen molar-refractivity contribution in [3.8, 4) is 33.8 Å². The van der Waals surface area contributed by atoms with Crippen molar-refractivity contribution in [2.75, 3.05) is 39.6 Å². The number of hydrogen-bond acceptors (Lipinski definition) is 8. The first-order valence-corrected chi connectivity index (χ1v) is 14.1. The lowest BCUT2D eigenvalue weighted by Crippen LogP contribution is -2.14. The van der Waals surface area contributed by atoms with Crippen LogP contribution in [-0.2, 0) is 25.5 Å². The van der Waals surface area contributed by atoms with Crippen LogP contribution in [0, 0.1) is 5.82 Å². The van der Waals surface area contributed by atoms with Gasteiger partial charge in [-0.1, -0.05) is 55.6 Å². The highest BCUT2D eigenvalue weighted by Gasteiger charge is 2.16. The Hall–Kier alpha value is -4.73. The van der Waals surface area contributed by atoms with E-state index in [1.165, 1.54) is 0 Å². The number of unbranched alkanes of at least 4 members (excludes halogenated alkanes) is 1. The van der Waals surface area contributed by atoms with Crippen molar-refractivity contribution in [3.05, 3.63) is 109 Å². The SMILES string of the molecule is C=CCCCc1c(-c2ccc(OCCOC(=O)C(=C)CO)cc2)ccc(-c2ccc(OCCOC(=O)C(=C)CO)cc2)c1F. The van der Waals surface area contributed by atoms with Crippen molar-refractivity contribution in [2.45, 2.75) is 19.3 Å². The Morgan fingerprint density at radius 1 is 0.705 bits per heavy atom. The zero-order chi connectivity index (χ0) is 31.9. The molecule has 3 rings (SSSR count). The molecular weight excluding hydrogens is 567 g/mol. The molecule has 0 saturated carbocycles. The van der Waals surface area contributed by atoms with Crippen molar-refractivity contribution >= 4 is 11.9 Å². The summed E-state index contributed by atoms with van der Waals surface area (Å²) in [5.41, 5.74) is 3.29. The van der Waals surface area contributed by atoms with Gasteiger partial charge >= 0.3 is 11.9 Å². The smallest absolute Gasteiger partial charge is 0.335 e. The summed E-state index contributed by atoms with van der Waals surface area (Å²) in [6, 6.07) is 17.9. The minimum Gasteiger partial charge on any atom is -0.490 e. The standard InChI is InChI=1S/C35H37FO8/c1-4-5-6-7-32-30(26-8-12-28(13-9-26)41-18-20-43-34(39)24(2)22-37)16-17-31(33(32)36)27-10-14-29(15-11-27)42-19-21-44-35(40)25(3)23-38/h4,8-17,37-38H,1-3,5-7,18-23H2. The van der Waals surface area contributed by atoms with E-state index in [0.717, 1.165) is 24.0 Å². The van der Waals surface area contributed by atoms with Crippen LogP contribution in [0.4, 0.5) is 4.39 Å². The van der Waals surface area contributed by atoms with Crippen LogP contribution < -0.4 is 9.47 Å². The third-order valence-electron chi connectivity index (χ3n) is 6.54. The lowest BCUT2D eigenvalue weighted by molar-refractivity contribution is -0.141. The Morgan fingerprint density at radius 2 is 1.16 bits per heavy atom. The van der Waals surface area contributed by atoms with Gasteiger partial charge in [0.2, 0.25) is 0 Å². The van der Waals surface area contributed by atoms with E-state index < -0.39 is 25.2 Å². The Kier molecular flexibility index (Phi) is 13.4. The summed E-state index contributed by atoms with van der Waals surface area (Å²) in [6.07, 6.45) is 3.82. The molecule has 232 valence electrons. The highest BCUT2D eigenvalue weighted by Crippen LogP contribution is 2.35. The number of ether oxygens (including phenoxy) is 4. The van der Waals surface area contributed by atoms with Gasteiger partial charge in [0.1, 0.15) is 43.7 Å². The number of carbonyl (C=O) groups excluding carboxylic acids is 2. The van der Waals surface area contributed by atoms with E-state index in [1.807, 2.05) is 24.3 Å². The van der Waals surface area contributed by atoms with Crippen molar-refractivity contribution in [1.82, 2.24) is 0 Å². The molecule has 8 nitrogen and oxygen atoms in total. The average Bonchev–Trinajstić information content (AvgIpc) is 3.05. The van der Waals surface area contributed by atoms with Crippen LogP contribution in [-0.4, -0.2) is 61.8 Å². The first-order valence-electron chi connectivity index (χ1n) is 14.1. The molecule has 44 heavy (non-hydrogen) atoms. The van der Waals surface area contributed by atoms with Gasteiger partial charge in [-0.15, -0.1) is 6.58 Å². The molecule has 0 heterocycles. The third kappa shape index (κ3) is 9.65. The van der Waals surface area contributed by atoms with Crippen LogP contribution in [0.25, 0.3) is 22.3 Å². The second-order valence-electron chi connectivity index (χ2n) is 9.67. The van der Waals surface area contributed by atoms with Crippen molar-refractivity contribution in [3.63, 3.8) is 0 Å². The fraction of sp³-hybridized carbons (Fsp3) is 0.257. The molecule has 3 aromatic carbocycles. The van der Waals surface area contributed by atoms with Gasteiger partial charge in [-0.3, -0.25) is 0 Å². The Bertz CT molecular complexity index is 1440. The third-order valence-corrected chi connectivity index (χ3v) is 6.54. The first kappa shape index (κ1) is 33.8. The Morgan fingerprint density at radius 3 is 1.61 bits per heavy atom. The molecule has 0 radical (unpaired) electrons. The molecule has 0 aliphatic carbocycles. The lowest BCUT2D eigenvalue weighted by Gasteiger charge is -2.16. The molecule has 0 spiro atoms. The molecule has 9 heteroatoms. The summed E-state index contributed by atoms with van der Waals surface area (Å²) in [5.74, 6) is -0.562. The molecular formula is C35H37FO8. The van der Waals surface area contributed by atoms with Gasteiger partial charge < -0.3 is 29.2 Å². The summed E-state index contributed by atoms with van der Waals surface area (Å²) in [6.45, 7) is 9.89. The van der Waals surface area contributed by atoms with Crippen LogP contribution >= 0.6 is 0 Å². The summed E-state index contributed by atoms with van der Waals surface area (Å²) < 4.78 is 37.2. The predicted octanol–water partition coefficient (Wildman–Crippen LogP) is 5.61. The van der Waals surface area contributed by atoms with Gasteiger partial charge in [0.05, 0.1) is 24.4 Å². The van der Waals surface area contributed by atoms with E-state index in [0.29, 0.717) is 34.6 Å². The Balaban J connectivity index is 1.70. The molecule has 0 aliphatic heterocycles. The van der Waals surface area contributed by atoms with Crippen LogP contribution in [0.3, 0.4) is 0 Å². The minimum atomic E-state index is -0.680. The molecule has 0 saturated heterocycles. The van der Waals surface area contributed by atoms with Gasteiger partial charge in [0.25, 0.3) is 0 Å². The molecule has 0 fully saturated rings. The number of allylic oxidation sites excluding steroid dienone is 1. The molecule has 0 atom stereocenters. The fourth-order valence-corrected chi connectivity index (χ4v) is 4.16. The summed E-state index contributed by atoms with van der Waals surface area (Å²) >= 11 is 0. The predicted molar refractivity (Wildman–Crippen MR) is 166 cm³/mol. The van der Waals surface area contributed by atoms with Crippen molar-refractivity contribution in [2.24, 2.45) is 0 Å². The van der Waals surface area contributed by atoms with Crippen molar-refractivity contribution in [1.29, 1.82) is 0 Å². The van der Waals surface area contributed by atoms with E-state index in [4.69, 9.17) is 29.2 Å². The van der Waals surface area contributed by atoms with E-state index >= 15 is 4.39 Å². The normalized spacial score (nSPS) is 10.5. The molecule has 0 amide bonds.